The van der Waals surface area contributed by atoms with Crippen LogP contribution in [-0.2, 0) is 10.3 Å². The van der Waals surface area contributed by atoms with Crippen LogP contribution >= 0.6 is 0 Å². The summed E-state index contributed by atoms with van der Waals surface area (Å²) < 4.78 is 0. The Morgan fingerprint density at radius 3 is 2.42 bits per heavy atom. The number of pyridine rings is 1. The number of aromatic amines is 1. The molecule has 0 aliphatic heterocycles. The molecule has 0 radical (unpaired) electrons. The number of anilines is 1. The van der Waals surface area contributed by atoms with Crippen LogP contribution in [0.1, 0.15) is 41.5 Å². The van der Waals surface area contributed by atoms with Gasteiger partial charge in [-0.15, -0.1) is 0 Å². The van der Waals surface area contributed by atoms with Gasteiger partial charge in [0.1, 0.15) is 0 Å². The van der Waals surface area contributed by atoms with Crippen molar-refractivity contribution in [3.63, 3.8) is 0 Å². The summed E-state index contributed by atoms with van der Waals surface area (Å²) in [5, 5.41) is 17.8. The lowest BCUT2D eigenvalue weighted by Gasteiger charge is -2.52. The van der Waals surface area contributed by atoms with Gasteiger partial charge in [-0.25, -0.2) is 4.98 Å². The quantitative estimate of drug-likeness (QED) is 0.244. The molecule has 1 unspecified atom stereocenters. The molecule has 8 heteroatoms. The predicted molar refractivity (Wildman–Crippen MR) is 143 cm³/mol. The number of fused-ring (bicyclic) bond motifs is 2. The van der Waals surface area contributed by atoms with Crippen LogP contribution < -0.4 is 5.32 Å². The molecule has 2 aromatic heterocycles. The van der Waals surface area contributed by atoms with Crippen LogP contribution in [0.4, 0.5) is 5.95 Å². The average Bonchev–Trinajstić information content (AvgIpc) is 3.41. The molecule has 1 atom stereocenters. The molecule has 186 valence electrons. The average molecular weight is 502 g/mol. The second-order valence-corrected chi connectivity index (χ2v) is 10.3. The first-order valence-electron chi connectivity index (χ1n) is 12.5. The van der Waals surface area contributed by atoms with E-state index in [1.54, 1.807) is 18.6 Å². The first-order valence-corrected chi connectivity index (χ1v) is 12.5. The molecule has 2 heterocycles. The predicted octanol–water partition coefficient (Wildman–Crippen LogP) is 5.64. The smallest absolute Gasteiger partial charge is 0.273 e. The maximum atomic E-state index is 14.0. The Bertz CT molecular complexity index is 1720. The van der Waals surface area contributed by atoms with Crippen molar-refractivity contribution in [3.8, 4) is 11.3 Å². The van der Waals surface area contributed by atoms with E-state index in [9.17, 15) is 14.9 Å². The fourth-order valence-corrected chi connectivity index (χ4v) is 6.68. The zero-order valence-corrected chi connectivity index (χ0v) is 20.5. The number of benzene rings is 3. The summed E-state index contributed by atoms with van der Waals surface area (Å²) in [7, 11) is 0. The number of amides is 1. The number of H-pyrrole nitrogens is 1. The van der Waals surface area contributed by atoms with Crippen LogP contribution in [0, 0.1) is 15.5 Å². The second-order valence-electron chi connectivity index (χ2n) is 10.3. The number of nitro groups is 1. The maximum absolute atomic E-state index is 14.0. The first-order chi connectivity index (χ1) is 18.4. The van der Waals surface area contributed by atoms with E-state index in [2.05, 4.69) is 20.3 Å². The molecule has 0 spiro atoms. The van der Waals surface area contributed by atoms with Crippen LogP contribution in [0.25, 0.3) is 22.0 Å². The molecular formula is C30H23N5O3. The summed E-state index contributed by atoms with van der Waals surface area (Å²) in [4.78, 5) is 38.5. The monoisotopic (exact) mass is 501 g/mol. The molecule has 3 aliphatic carbocycles. The third kappa shape index (κ3) is 2.88. The highest BCUT2D eigenvalue weighted by atomic mass is 16.6. The van der Waals surface area contributed by atoms with Crippen molar-refractivity contribution in [2.75, 3.05) is 5.32 Å². The van der Waals surface area contributed by atoms with Crippen molar-refractivity contribution in [3.05, 3.63) is 124 Å². The number of rotatable bonds is 4. The minimum absolute atomic E-state index is 0.0570. The fourth-order valence-electron chi connectivity index (χ4n) is 6.68. The Morgan fingerprint density at radius 1 is 1.00 bits per heavy atom. The number of aromatic nitrogens is 3. The van der Waals surface area contributed by atoms with Crippen molar-refractivity contribution in [1.29, 1.82) is 0 Å². The van der Waals surface area contributed by atoms with Crippen LogP contribution in [0.2, 0.25) is 0 Å². The Kier molecular flexibility index (Phi) is 4.60. The minimum Gasteiger partial charge on any atom is -0.324 e. The first kappa shape index (κ1) is 22.4. The van der Waals surface area contributed by atoms with Crippen molar-refractivity contribution < 1.29 is 9.72 Å². The molecule has 3 aromatic carbocycles. The molecular weight excluding hydrogens is 478 g/mol. The Hall–Kier alpha value is -4.85. The number of hydrogen-bond donors (Lipinski definition) is 2. The van der Waals surface area contributed by atoms with Gasteiger partial charge in [-0.05, 0) is 29.5 Å². The molecule has 8 rings (SSSR count). The molecule has 0 saturated heterocycles. The van der Waals surface area contributed by atoms with Gasteiger partial charge < -0.3 is 4.98 Å². The Morgan fingerprint density at radius 2 is 1.71 bits per heavy atom. The molecule has 3 aliphatic rings. The lowest BCUT2D eigenvalue weighted by molar-refractivity contribution is -0.573. The van der Waals surface area contributed by atoms with Crippen LogP contribution in [-0.4, -0.2) is 25.8 Å². The largest absolute Gasteiger partial charge is 0.324 e. The van der Waals surface area contributed by atoms with E-state index < -0.39 is 11.0 Å². The van der Waals surface area contributed by atoms with Gasteiger partial charge in [0.15, 0.2) is 0 Å². The van der Waals surface area contributed by atoms with Crippen LogP contribution in [0.5, 0.6) is 0 Å². The summed E-state index contributed by atoms with van der Waals surface area (Å²) in [6.45, 7) is 1.83. The minimum atomic E-state index is -1.50. The number of nitrogens with one attached hydrogen (secondary N) is 2. The van der Waals surface area contributed by atoms with E-state index in [4.69, 9.17) is 0 Å². The number of hydrogen-bond acceptors (Lipinski definition) is 5. The topological polar surface area (TPSA) is 114 Å². The van der Waals surface area contributed by atoms with Gasteiger partial charge in [0.2, 0.25) is 11.9 Å². The summed E-state index contributed by atoms with van der Waals surface area (Å²) in [6, 6.07) is 22.8. The number of carbonyl (C=O) groups excluding carboxylic acids is 1. The van der Waals surface area contributed by atoms with Crippen molar-refractivity contribution in [1.82, 2.24) is 15.0 Å². The van der Waals surface area contributed by atoms with Crippen molar-refractivity contribution in [2.24, 2.45) is 5.41 Å². The van der Waals surface area contributed by atoms with Gasteiger partial charge in [0, 0.05) is 51.7 Å². The highest BCUT2D eigenvalue weighted by Gasteiger charge is 2.67. The van der Waals surface area contributed by atoms with E-state index in [1.165, 1.54) is 0 Å². The Balaban J connectivity index is 1.30. The molecule has 2 bridgehead atoms. The summed E-state index contributed by atoms with van der Waals surface area (Å²) in [5.41, 5.74) is 2.12. The van der Waals surface area contributed by atoms with E-state index >= 15 is 0 Å². The summed E-state index contributed by atoms with van der Waals surface area (Å²) in [6.07, 6.45) is 5.28. The molecule has 0 saturated carbocycles. The zero-order valence-electron chi connectivity index (χ0n) is 20.5. The number of imidazole rings is 1. The molecule has 1 amide bonds. The van der Waals surface area contributed by atoms with E-state index in [1.807, 2.05) is 79.7 Å². The maximum Gasteiger partial charge on any atom is 0.273 e. The molecule has 38 heavy (non-hydrogen) atoms. The number of carbonyl (C=O) groups is 1. The van der Waals surface area contributed by atoms with Crippen molar-refractivity contribution >= 4 is 22.6 Å². The van der Waals surface area contributed by atoms with E-state index in [0.717, 1.165) is 33.2 Å². The molecule has 8 nitrogen and oxygen atoms in total. The molecule has 5 aromatic rings. The summed E-state index contributed by atoms with van der Waals surface area (Å²) >= 11 is 0. The SMILES string of the molecule is CC1(C(=O)Nc2ncc(-c3cccc4cnccc34)[nH]2)CC2([N+](=O)[O-])c3ccccc3C1c1ccccc12. The van der Waals surface area contributed by atoms with E-state index in [-0.39, 0.29) is 23.2 Å². The third-order valence-electron chi connectivity index (χ3n) is 8.30. The van der Waals surface area contributed by atoms with Gasteiger partial charge in [-0.1, -0.05) is 66.7 Å². The Labute approximate surface area is 217 Å². The van der Waals surface area contributed by atoms with Gasteiger partial charge in [0.05, 0.1) is 17.3 Å². The van der Waals surface area contributed by atoms with E-state index in [0.29, 0.717) is 17.1 Å². The van der Waals surface area contributed by atoms with Gasteiger partial charge >= 0.3 is 0 Å². The zero-order chi connectivity index (χ0) is 26.1. The molecule has 2 N–H and O–H groups in total. The fraction of sp³-hybridized carbons (Fsp3) is 0.167. The lowest BCUT2D eigenvalue weighted by Crippen LogP contribution is -2.57. The van der Waals surface area contributed by atoms with Gasteiger partial charge in [0.25, 0.3) is 5.54 Å². The number of nitrogens with zero attached hydrogens (tertiary/aromatic N) is 3. The second kappa shape index (κ2) is 7.82. The standard InChI is InChI=1S/C30H23N5O3/c1-29(27(36)34-28-32-16-25(33-28)20-10-6-7-18-15-31-14-13-19(18)20)17-30(35(37)38)23-11-4-2-8-21(23)26(29)22-9-3-5-12-24(22)30/h2-16,26H,17H2,1H3,(H2,32,33,34,36). The lowest BCUT2D eigenvalue weighted by atomic mass is 9.49. The highest BCUT2D eigenvalue weighted by Crippen LogP contribution is 2.63. The van der Waals surface area contributed by atoms with Gasteiger partial charge in [-0.2, -0.15) is 0 Å². The van der Waals surface area contributed by atoms with Crippen LogP contribution in [0.3, 0.4) is 0 Å². The normalized spacial score (nSPS) is 23.0. The van der Waals surface area contributed by atoms with Crippen LogP contribution in [0.15, 0.2) is 91.4 Å². The highest BCUT2D eigenvalue weighted by molar-refractivity contribution is 5.98. The molecule has 0 fully saturated rings. The van der Waals surface area contributed by atoms with Gasteiger partial charge in [-0.3, -0.25) is 25.2 Å². The third-order valence-corrected chi connectivity index (χ3v) is 8.30. The van der Waals surface area contributed by atoms with Crippen molar-refractivity contribution in [2.45, 2.75) is 24.8 Å². The summed E-state index contributed by atoms with van der Waals surface area (Å²) in [5.74, 6) is -0.326.